The van der Waals surface area contributed by atoms with Gasteiger partial charge < -0.3 is 19.7 Å². The molecule has 2 rings (SSSR count). The van der Waals surface area contributed by atoms with Gasteiger partial charge >= 0.3 is 0 Å². The zero-order valence-electron chi connectivity index (χ0n) is 8.29. The number of ether oxygens (including phenoxy) is 2. The minimum atomic E-state index is -1.01. The zero-order valence-corrected chi connectivity index (χ0v) is 9.11. The normalized spacial score (nSPS) is 36.7. The minimum absolute atomic E-state index is 0.0502. The van der Waals surface area contributed by atoms with Crippen molar-refractivity contribution in [1.82, 2.24) is 4.98 Å². The second-order valence-corrected chi connectivity index (χ2v) is 4.34. The van der Waals surface area contributed by atoms with Crippen molar-refractivity contribution in [3.8, 4) is 0 Å². The van der Waals surface area contributed by atoms with Gasteiger partial charge in [0.1, 0.15) is 6.10 Å². The maximum Gasteiger partial charge on any atom is 0.224 e. The Hall–Kier alpha value is -0.530. The molecule has 0 saturated carbocycles. The Labute approximate surface area is 91.3 Å². The van der Waals surface area contributed by atoms with Gasteiger partial charge in [-0.25, -0.2) is 4.98 Å². The summed E-state index contributed by atoms with van der Waals surface area (Å²) in [5.74, 6) is -1.01. The summed E-state index contributed by atoms with van der Waals surface area (Å²) in [5, 5.41) is 21.4. The summed E-state index contributed by atoms with van der Waals surface area (Å²) < 4.78 is 10.8. The quantitative estimate of drug-likeness (QED) is 0.754. The van der Waals surface area contributed by atoms with Gasteiger partial charge in [0.15, 0.2) is 5.01 Å². The number of rotatable bonds is 2. The first kappa shape index (κ1) is 11.0. The van der Waals surface area contributed by atoms with E-state index in [9.17, 15) is 10.2 Å². The molecule has 0 aliphatic carbocycles. The van der Waals surface area contributed by atoms with Crippen molar-refractivity contribution in [2.45, 2.75) is 24.4 Å². The fraction of sp³-hybridized carbons (Fsp3) is 0.667. The third kappa shape index (κ3) is 1.91. The Kier molecular flexibility index (Phi) is 3.03. The molecule has 15 heavy (non-hydrogen) atoms. The van der Waals surface area contributed by atoms with Crippen LogP contribution in [0.3, 0.4) is 0 Å². The van der Waals surface area contributed by atoms with Crippen molar-refractivity contribution >= 4 is 11.3 Å². The van der Waals surface area contributed by atoms with Crippen LogP contribution in [0.2, 0.25) is 0 Å². The van der Waals surface area contributed by atoms with Crippen molar-refractivity contribution in [3.05, 3.63) is 16.6 Å². The second-order valence-electron chi connectivity index (χ2n) is 3.44. The number of hydrogen-bond acceptors (Lipinski definition) is 6. The average Bonchev–Trinajstić information content (AvgIpc) is 2.76. The lowest BCUT2D eigenvalue weighted by atomic mass is 10.0. The predicted octanol–water partition coefficient (Wildman–Crippen LogP) is 0.0844. The molecule has 2 N–H and O–H groups in total. The molecule has 1 fully saturated rings. The van der Waals surface area contributed by atoms with Gasteiger partial charge in [0.2, 0.25) is 5.79 Å². The van der Waals surface area contributed by atoms with E-state index in [1.165, 1.54) is 18.4 Å². The van der Waals surface area contributed by atoms with E-state index in [-0.39, 0.29) is 13.0 Å². The third-order valence-corrected chi connectivity index (χ3v) is 3.39. The minimum Gasteiger partial charge on any atom is -0.390 e. The molecule has 2 heterocycles. The number of aromatic nitrogens is 1. The molecule has 6 heteroatoms. The molecule has 0 amide bonds. The summed E-state index contributed by atoms with van der Waals surface area (Å²) in [5.41, 5.74) is 0. The summed E-state index contributed by atoms with van der Waals surface area (Å²) >= 11 is 1.40. The Bertz CT molecular complexity index is 318. The first-order valence-corrected chi connectivity index (χ1v) is 5.51. The van der Waals surface area contributed by atoms with Gasteiger partial charge in [-0.15, -0.1) is 11.3 Å². The van der Waals surface area contributed by atoms with Gasteiger partial charge in [-0.2, -0.15) is 0 Å². The molecule has 1 aromatic heterocycles. The van der Waals surface area contributed by atoms with Crippen molar-refractivity contribution in [3.63, 3.8) is 0 Å². The highest BCUT2D eigenvalue weighted by Gasteiger charge is 2.44. The van der Waals surface area contributed by atoms with Crippen LogP contribution in [0.4, 0.5) is 0 Å². The monoisotopic (exact) mass is 231 g/mol. The first-order chi connectivity index (χ1) is 7.18. The predicted molar refractivity (Wildman–Crippen MR) is 53.4 cm³/mol. The molecule has 84 valence electrons. The molecule has 0 radical (unpaired) electrons. The van der Waals surface area contributed by atoms with E-state index >= 15 is 0 Å². The summed E-state index contributed by atoms with van der Waals surface area (Å²) in [6.07, 6.45) is 0.149. The van der Waals surface area contributed by atoms with Crippen LogP contribution in [0.15, 0.2) is 11.6 Å². The lowest BCUT2D eigenvalue weighted by Gasteiger charge is -2.38. The number of hydrogen-bond donors (Lipinski definition) is 2. The first-order valence-electron chi connectivity index (χ1n) is 4.63. The van der Waals surface area contributed by atoms with Gasteiger partial charge in [-0.1, -0.05) is 0 Å². The van der Waals surface area contributed by atoms with E-state index in [1.54, 1.807) is 6.20 Å². The molecule has 5 nitrogen and oxygen atoms in total. The molecular formula is C9H13NO4S. The molecule has 0 bridgehead atoms. The van der Waals surface area contributed by atoms with Gasteiger partial charge in [0.05, 0.1) is 12.7 Å². The van der Waals surface area contributed by atoms with E-state index in [0.717, 1.165) is 0 Å². The number of methoxy groups -OCH3 is 1. The summed E-state index contributed by atoms with van der Waals surface area (Å²) in [4.78, 5) is 4.12. The van der Waals surface area contributed by atoms with Gasteiger partial charge in [0.25, 0.3) is 0 Å². The Morgan fingerprint density at radius 3 is 2.93 bits per heavy atom. The molecule has 1 aromatic rings. The van der Waals surface area contributed by atoms with Crippen LogP contribution in [0, 0.1) is 0 Å². The Morgan fingerprint density at radius 2 is 2.40 bits per heavy atom. The standard InChI is InChI=1S/C9H13NO4S/c1-13-9(8-10-2-3-15-8)4-6(11)7(12)5-14-9/h2-3,6-7,11-12H,4-5H2,1H3/t6-,7+,9?/m0/s1. The van der Waals surface area contributed by atoms with E-state index < -0.39 is 18.0 Å². The van der Waals surface area contributed by atoms with Crippen LogP contribution < -0.4 is 0 Å². The topological polar surface area (TPSA) is 71.8 Å². The molecule has 3 atom stereocenters. The maximum absolute atomic E-state index is 9.61. The Balaban J connectivity index is 2.23. The SMILES string of the molecule is COC1(c2nccs2)C[C@H](O)[C@H](O)CO1. The van der Waals surface area contributed by atoms with Crippen LogP contribution in [0.5, 0.6) is 0 Å². The molecular weight excluding hydrogens is 218 g/mol. The molecule has 1 unspecified atom stereocenters. The van der Waals surface area contributed by atoms with Crippen LogP contribution in [-0.4, -0.2) is 41.1 Å². The summed E-state index contributed by atoms with van der Waals surface area (Å²) in [7, 11) is 1.51. The van der Waals surface area contributed by atoms with Crippen molar-refractivity contribution in [2.75, 3.05) is 13.7 Å². The van der Waals surface area contributed by atoms with Crippen molar-refractivity contribution in [1.29, 1.82) is 0 Å². The van der Waals surface area contributed by atoms with Crippen molar-refractivity contribution in [2.24, 2.45) is 0 Å². The number of aliphatic hydroxyl groups is 2. The van der Waals surface area contributed by atoms with E-state index in [4.69, 9.17) is 9.47 Å². The highest BCUT2D eigenvalue weighted by atomic mass is 32.1. The van der Waals surface area contributed by atoms with Gasteiger partial charge in [-0.05, 0) is 0 Å². The average molecular weight is 231 g/mol. The Morgan fingerprint density at radius 1 is 1.60 bits per heavy atom. The third-order valence-electron chi connectivity index (χ3n) is 2.50. The molecule has 1 aliphatic rings. The highest BCUT2D eigenvalue weighted by Crippen LogP contribution is 2.36. The van der Waals surface area contributed by atoms with E-state index in [2.05, 4.69) is 4.98 Å². The van der Waals surface area contributed by atoms with E-state index in [0.29, 0.717) is 5.01 Å². The van der Waals surface area contributed by atoms with Gasteiger partial charge in [-0.3, -0.25) is 0 Å². The van der Waals surface area contributed by atoms with E-state index in [1.807, 2.05) is 5.38 Å². The van der Waals surface area contributed by atoms with Crippen molar-refractivity contribution < 1.29 is 19.7 Å². The fourth-order valence-electron chi connectivity index (χ4n) is 1.59. The molecule has 1 aliphatic heterocycles. The summed E-state index contributed by atoms with van der Waals surface area (Å²) in [6, 6.07) is 0. The van der Waals surface area contributed by atoms with Crippen LogP contribution in [0.25, 0.3) is 0 Å². The van der Waals surface area contributed by atoms with Gasteiger partial charge in [0, 0.05) is 25.1 Å². The van der Waals surface area contributed by atoms with Crippen LogP contribution in [0.1, 0.15) is 11.4 Å². The number of aliphatic hydroxyl groups excluding tert-OH is 2. The number of nitrogens with zero attached hydrogens (tertiary/aromatic N) is 1. The lowest BCUT2D eigenvalue weighted by Crippen LogP contribution is -2.48. The smallest absolute Gasteiger partial charge is 0.224 e. The largest absolute Gasteiger partial charge is 0.390 e. The van der Waals surface area contributed by atoms with Crippen LogP contribution >= 0.6 is 11.3 Å². The van der Waals surface area contributed by atoms with Crippen LogP contribution in [-0.2, 0) is 15.3 Å². The summed E-state index contributed by atoms with van der Waals surface area (Å²) in [6.45, 7) is 0.0502. The molecule has 1 saturated heterocycles. The number of thiazole rings is 1. The zero-order chi connectivity index (χ0) is 10.9. The molecule has 0 aromatic carbocycles. The maximum atomic E-state index is 9.61. The fourth-order valence-corrected chi connectivity index (χ4v) is 2.37. The second kappa shape index (κ2) is 4.15. The molecule has 0 spiro atoms. The lowest BCUT2D eigenvalue weighted by molar-refractivity contribution is -0.290. The highest BCUT2D eigenvalue weighted by molar-refractivity contribution is 7.09.